The van der Waals surface area contributed by atoms with Gasteiger partial charge in [-0.1, -0.05) is 6.08 Å². The molecule has 1 amide bonds. The maximum atomic E-state index is 12.1. The molecular weight excluding hydrogens is 290 g/mol. The zero-order valence-corrected chi connectivity index (χ0v) is 13.0. The molecule has 0 bridgehead atoms. The number of esters is 1. The van der Waals surface area contributed by atoms with Crippen LogP contribution in [-0.2, 0) is 16.6 Å². The van der Waals surface area contributed by atoms with Crippen molar-refractivity contribution < 1.29 is 14.3 Å². The monoisotopic (exact) mass is 307 g/mol. The quantitative estimate of drug-likeness (QED) is 0.675. The maximum absolute atomic E-state index is 12.1. The van der Waals surface area contributed by atoms with E-state index in [0.717, 1.165) is 15.9 Å². The number of carbonyl (C=O) groups is 2. The van der Waals surface area contributed by atoms with Gasteiger partial charge in [0.2, 0.25) is 0 Å². The predicted molar refractivity (Wildman–Crippen MR) is 81.4 cm³/mol. The van der Waals surface area contributed by atoms with Crippen molar-refractivity contribution in [1.29, 1.82) is 0 Å². The molecule has 1 unspecified atom stereocenters. The number of ether oxygens (including phenoxy) is 1. The number of nitrogens with one attached hydrogen (secondary N) is 1. The van der Waals surface area contributed by atoms with Crippen molar-refractivity contribution in [3.8, 4) is 0 Å². The molecule has 0 aliphatic carbocycles. The Morgan fingerprint density at radius 3 is 2.95 bits per heavy atom. The lowest BCUT2D eigenvalue weighted by Crippen LogP contribution is -2.35. The molecular formula is C14H17N3O3S. The van der Waals surface area contributed by atoms with E-state index in [1.165, 1.54) is 18.3 Å². The molecule has 0 aliphatic heterocycles. The summed E-state index contributed by atoms with van der Waals surface area (Å²) in [6.07, 6.45) is 0.718. The SMILES string of the molecule is C=CCNC(=O)C(C)OC(=O)c1cc2c(C)nn(C)c2s1. The van der Waals surface area contributed by atoms with Crippen LogP contribution in [0.15, 0.2) is 18.7 Å². The van der Waals surface area contributed by atoms with Gasteiger partial charge in [-0.3, -0.25) is 9.48 Å². The Morgan fingerprint density at radius 2 is 2.33 bits per heavy atom. The summed E-state index contributed by atoms with van der Waals surface area (Å²) in [6, 6.07) is 1.75. The molecule has 21 heavy (non-hydrogen) atoms. The van der Waals surface area contributed by atoms with Crippen LogP contribution < -0.4 is 5.32 Å². The molecule has 1 atom stereocenters. The summed E-state index contributed by atoms with van der Waals surface area (Å²) in [6.45, 7) is 7.27. The molecule has 2 aromatic rings. The number of hydrogen-bond donors (Lipinski definition) is 1. The molecule has 0 radical (unpaired) electrons. The van der Waals surface area contributed by atoms with Crippen molar-refractivity contribution in [2.75, 3.05) is 6.54 Å². The van der Waals surface area contributed by atoms with E-state index in [0.29, 0.717) is 11.4 Å². The number of aryl methyl sites for hydroxylation is 2. The predicted octanol–water partition coefficient (Wildman–Crippen LogP) is 1.79. The first-order valence-corrected chi connectivity index (χ1v) is 7.28. The van der Waals surface area contributed by atoms with Crippen LogP contribution >= 0.6 is 11.3 Å². The highest BCUT2D eigenvalue weighted by atomic mass is 32.1. The molecule has 1 N–H and O–H groups in total. The molecule has 0 aromatic carbocycles. The number of amides is 1. The molecule has 2 rings (SSSR count). The third kappa shape index (κ3) is 3.13. The molecule has 6 nitrogen and oxygen atoms in total. The fourth-order valence-corrected chi connectivity index (χ4v) is 2.90. The Morgan fingerprint density at radius 1 is 1.62 bits per heavy atom. The van der Waals surface area contributed by atoms with Crippen molar-refractivity contribution in [3.05, 3.63) is 29.3 Å². The molecule has 0 fully saturated rings. The molecule has 0 saturated heterocycles. The summed E-state index contributed by atoms with van der Waals surface area (Å²) in [5, 5.41) is 7.79. The highest BCUT2D eigenvalue weighted by Crippen LogP contribution is 2.28. The largest absolute Gasteiger partial charge is 0.448 e. The fraction of sp³-hybridized carbons (Fsp3) is 0.357. The van der Waals surface area contributed by atoms with Gasteiger partial charge < -0.3 is 10.1 Å². The Kier molecular flexibility index (Phi) is 4.42. The molecule has 2 heterocycles. The smallest absolute Gasteiger partial charge is 0.349 e. The average Bonchev–Trinajstić information content (AvgIpc) is 2.98. The third-order valence-electron chi connectivity index (χ3n) is 2.97. The maximum Gasteiger partial charge on any atom is 0.349 e. The number of nitrogens with zero attached hydrogens (tertiary/aromatic N) is 2. The summed E-state index contributed by atoms with van der Waals surface area (Å²) in [5.41, 5.74) is 0.861. The van der Waals surface area contributed by atoms with Gasteiger partial charge in [-0.15, -0.1) is 17.9 Å². The zero-order valence-electron chi connectivity index (χ0n) is 12.2. The van der Waals surface area contributed by atoms with Crippen molar-refractivity contribution >= 4 is 33.4 Å². The lowest BCUT2D eigenvalue weighted by molar-refractivity contribution is -0.128. The van der Waals surface area contributed by atoms with E-state index >= 15 is 0 Å². The van der Waals surface area contributed by atoms with Gasteiger partial charge >= 0.3 is 5.97 Å². The van der Waals surface area contributed by atoms with Gasteiger partial charge in [0, 0.05) is 19.0 Å². The molecule has 2 aromatic heterocycles. The highest BCUT2D eigenvalue weighted by molar-refractivity contribution is 7.20. The molecule has 0 spiro atoms. The fourth-order valence-electron chi connectivity index (χ4n) is 1.89. The molecule has 7 heteroatoms. The Labute approximate surface area is 126 Å². The van der Waals surface area contributed by atoms with Crippen LogP contribution in [0.25, 0.3) is 10.2 Å². The first-order valence-electron chi connectivity index (χ1n) is 6.46. The van der Waals surface area contributed by atoms with Crippen molar-refractivity contribution in [3.63, 3.8) is 0 Å². The van der Waals surface area contributed by atoms with Gasteiger partial charge in [0.1, 0.15) is 9.71 Å². The van der Waals surface area contributed by atoms with Crippen LogP contribution in [0.5, 0.6) is 0 Å². The summed E-state index contributed by atoms with van der Waals surface area (Å²) in [4.78, 5) is 25.1. The first kappa shape index (κ1) is 15.2. The number of fused-ring (bicyclic) bond motifs is 1. The first-order chi connectivity index (χ1) is 9.93. The van der Waals surface area contributed by atoms with Gasteiger partial charge in [-0.2, -0.15) is 5.10 Å². The van der Waals surface area contributed by atoms with Crippen LogP contribution in [0, 0.1) is 6.92 Å². The van der Waals surface area contributed by atoms with Gasteiger partial charge in [0.05, 0.1) is 5.69 Å². The highest BCUT2D eigenvalue weighted by Gasteiger charge is 2.21. The average molecular weight is 307 g/mol. The second kappa shape index (κ2) is 6.09. The summed E-state index contributed by atoms with van der Waals surface area (Å²) in [5.74, 6) is -0.848. The van der Waals surface area contributed by atoms with Gasteiger partial charge in [-0.25, -0.2) is 4.79 Å². The minimum absolute atomic E-state index is 0.342. The summed E-state index contributed by atoms with van der Waals surface area (Å²) in [7, 11) is 1.83. The number of thiophene rings is 1. The van der Waals surface area contributed by atoms with Gasteiger partial charge in [0.25, 0.3) is 5.91 Å². The van der Waals surface area contributed by atoms with Crippen LogP contribution in [-0.4, -0.2) is 34.3 Å². The van der Waals surface area contributed by atoms with E-state index in [4.69, 9.17) is 4.74 Å². The topological polar surface area (TPSA) is 73.2 Å². The van der Waals surface area contributed by atoms with E-state index in [2.05, 4.69) is 17.0 Å². The summed E-state index contributed by atoms with van der Waals surface area (Å²) >= 11 is 1.30. The number of aromatic nitrogens is 2. The minimum atomic E-state index is -0.845. The normalized spacial score (nSPS) is 12.1. The molecule has 0 saturated carbocycles. The van der Waals surface area contributed by atoms with E-state index < -0.39 is 12.1 Å². The second-order valence-electron chi connectivity index (χ2n) is 4.62. The lowest BCUT2D eigenvalue weighted by Gasteiger charge is -2.11. The summed E-state index contributed by atoms with van der Waals surface area (Å²) < 4.78 is 6.90. The molecule has 0 aliphatic rings. The Hall–Kier alpha value is -2.15. The van der Waals surface area contributed by atoms with Gasteiger partial charge in [0.15, 0.2) is 6.10 Å². The van der Waals surface area contributed by atoms with Crippen molar-refractivity contribution in [2.24, 2.45) is 7.05 Å². The van der Waals surface area contributed by atoms with E-state index in [1.54, 1.807) is 16.8 Å². The Bertz CT molecular complexity index is 667. The minimum Gasteiger partial charge on any atom is -0.448 e. The van der Waals surface area contributed by atoms with Crippen molar-refractivity contribution in [1.82, 2.24) is 15.1 Å². The van der Waals surface area contributed by atoms with Crippen LogP contribution in [0.2, 0.25) is 0 Å². The number of hydrogen-bond acceptors (Lipinski definition) is 5. The van der Waals surface area contributed by atoms with Crippen molar-refractivity contribution in [2.45, 2.75) is 20.0 Å². The van der Waals surface area contributed by atoms with E-state index in [9.17, 15) is 9.59 Å². The lowest BCUT2D eigenvalue weighted by atomic mass is 10.3. The number of rotatable bonds is 5. The van der Waals surface area contributed by atoms with Crippen LogP contribution in [0.4, 0.5) is 0 Å². The second-order valence-corrected chi connectivity index (χ2v) is 5.65. The van der Waals surface area contributed by atoms with E-state index in [-0.39, 0.29) is 5.91 Å². The third-order valence-corrected chi connectivity index (χ3v) is 4.15. The zero-order chi connectivity index (χ0) is 15.6. The standard InChI is InChI=1S/C14H17N3O3S/c1-5-6-15-12(18)9(3)20-14(19)11-7-10-8(2)16-17(4)13(10)21-11/h5,7,9H,1,6H2,2-4H3,(H,15,18). The molecule has 112 valence electrons. The van der Waals surface area contributed by atoms with Crippen LogP contribution in [0.1, 0.15) is 22.3 Å². The van der Waals surface area contributed by atoms with Gasteiger partial charge in [-0.05, 0) is 19.9 Å². The van der Waals surface area contributed by atoms with E-state index in [1.807, 2.05) is 14.0 Å². The van der Waals surface area contributed by atoms with Crippen LogP contribution in [0.3, 0.4) is 0 Å². The number of carbonyl (C=O) groups excluding carboxylic acids is 2. The Balaban J connectivity index is 2.09.